The van der Waals surface area contributed by atoms with Crippen LogP contribution in [-0.4, -0.2) is 90.4 Å². The molecule has 12 nitrogen and oxygen atoms in total. The second-order valence-corrected chi connectivity index (χ2v) is 10.0. The van der Waals surface area contributed by atoms with E-state index in [1.807, 2.05) is 0 Å². The Balaban J connectivity index is 1.52. The minimum absolute atomic E-state index is 0.341. The number of aromatic hydroxyl groups is 4. The number of rotatable bonds is 7. The fraction of sp³-hybridized carbons (Fsp3) is 0.345. The summed E-state index contributed by atoms with van der Waals surface area (Å²) in [6, 6.07) is 7.74. The van der Waals surface area contributed by atoms with Crippen molar-refractivity contribution in [3.63, 3.8) is 0 Å². The number of hydrogen-bond donors (Lipinski definition) is 6. The number of ether oxygens (including phenoxy) is 2. The molecule has 0 radical (unpaired) electrons. The van der Waals surface area contributed by atoms with E-state index in [9.17, 15) is 45.0 Å². The van der Waals surface area contributed by atoms with Crippen molar-refractivity contribution in [2.75, 3.05) is 13.1 Å². The Labute approximate surface area is 235 Å². The first-order chi connectivity index (χ1) is 19.4. The number of aliphatic hydroxyl groups is 2. The molecule has 6 N–H and O–H groups in total. The van der Waals surface area contributed by atoms with Crippen LogP contribution in [0, 0.1) is 0 Å². The van der Waals surface area contributed by atoms with Crippen molar-refractivity contribution < 1.29 is 54.5 Å². The van der Waals surface area contributed by atoms with E-state index >= 15 is 0 Å². The van der Waals surface area contributed by atoms with E-state index < -0.39 is 66.1 Å². The van der Waals surface area contributed by atoms with E-state index in [-0.39, 0.29) is 11.5 Å². The summed E-state index contributed by atoms with van der Waals surface area (Å²) in [5, 5.41) is 60.3. The van der Waals surface area contributed by atoms with Gasteiger partial charge in [0, 0.05) is 38.1 Å². The van der Waals surface area contributed by atoms with Gasteiger partial charge in [0.05, 0.1) is 6.10 Å². The third-order valence-electron chi connectivity index (χ3n) is 6.97. The lowest BCUT2D eigenvalue weighted by molar-refractivity contribution is -0.201. The maximum absolute atomic E-state index is 13.1. The van der Waals surface area contributed by atoms with Gasteiger partial charge in [0.25, 0.3) is 5.91 Å². The van der Waals surface area contributed by atoms with Crippen molar-refractivity contribution >= 4 is 30.0 Å². The number of aliphatic hydroxyl groups excluding tert-OH is 1. The molecule has 1 aliphatic heterocycles. The Morgan fingerprint density at radius 3 is 1.80 bits per heavy atom. The van der Waals surface area contributed by atoms with Gasteiger partial charge < -0.3 is 45.0 Å². The first-order valence-electron chi connectivity index (χ1n) is 13.0. The second-order valence-electron chi connectivity index (χ2n) is 10.0. The molecule has 1 amide bonds. The number of hydrogen-bond acceptors (Lipinski definition) is 11. The highest BCUT2D eigenvalue weighted by Gasteiger charge is 2.53. The average Bonchev–Trinajstić information content (AvgIpc) is 3.46. The van der Waals surface area contributed by atoms with Crippen LogP contribution in [0.4, 0.5) is 0 Å². The molecule has 0 aromatic heterocycles. The first kappa shape index (κ1) is 29.4. The molecule has 2 aromatic rings. The monoisotopic (exact) mass is 569 g/mol. The maximum Gasteiger partial charge on any atom is 0.331 e. The Morgan fingerprint density at radius 1 is 0.780 bits per heavy atom. The predicted octanol–water partition coefficient (Wildman–Crippen LogP) is 1.57. The van der Waals surface area contributed by atoms with Crippen LogP contribution in [0.15, 0.2) is 48.6 Å². The van der Waals surface area contributed by atoms with Gasteiger partial charge in [0.2, 0.25) is 0 Å². The molecule has 2 aliphatic rings. The molecule has 1 saturated carbocycles. The Kier molecular flexibility index (Phi) is 8.84. The molecule has 1 heterocycles. The summed E-state index contributed by atoms with van der Waals surface area (Å²) in [4.78, 5) is 39.9. The highest BCUT2D eigenvalue weighted by molar-refractivity contribution is 5.89. The number of nitrogens with zero attached hydrogens (tertiary/aromatic N) is 1. The maximum atomic E-state index is 13.1. The van der Waals surface area contributed by atoms with Gasteiger partial charge in [-0.15, -0.1) is 0 Å². The minimum atomic E-state index is -2.07. The van der Waals surface area contributed by atoms with Gasteiger partial charge in [-0.2, -0.15) is 0 Å². The van der Waals surface area contributed by atoms with Crippen LogP contribution < -0.4 is 0 Å². The summed E-state index contributed by atoms with van der Waals surface area (Å²) in [5.41, 5.74) is -1.35. The minimum Gasteiger partial charge on any atom is -0.504 e. The molecule has 2 aromatic carbocycles. The number of esters is 2. The fourth-order valence-corrected chi connectivity index (χ4v) is 4.87. The lowest BCUT2D eigenvalue weighted by atomic mass is 9.78. The van der Waals surface area contributed by atoms with Crippen LogP contribution in [0.5, 0.6) is 23.0 Å². The van der Waals surface area contributed by atoms with Gasteiger partial charge in [-0.1, -0.05) is 12.1 Å². The molecule has 0 spiro atoms. The predicted molar refractivity (Wildman–Crippen MR) is 143 cm³/mol. The number of carbonyl (C=O) groups excluding carboxylic acids is 3. The van der Waals surface area contributed by atoms with E-state index in [0.717, 1.165) is 25.0 Å². The fourth-order valence-electron chi connectivity index (χ4n) is 4.87. The quantitative estimate of drug-likeness (QED) is 0.161. The number of benzene rings is 2. The normalized spacial score (nSPS) is 24.5. The van der Waals surface area contributed by atoms with Crippen molar-refractivity contribution in [2.24, 2.45) is 0 Å². The van der Waals surface area contributed by atoms with Gasteiger partial charge >= 0.3 is 11.9 Å². The van der Waals surface area contributed by atoms with Gasteiger partial charge in [0.15, 0.2) is 29.1 Å². The van der Waals surface area contributed by atoms with Crippen molar-refractivity contribution in [2.45, 2.75) is 49.6 Å². The van der Waals surface area contributed by atoms with E-state index in [0.29, 0.717) is 24.2 Å². The van der Waals surface area contributed by atoms with E-state index in [1.54, 1.807) is 0 Å². The molecule has 4 atom stereocenters. The number of phenols is 4. The van der Waals surface area contributed by atoms with Gasteiger partial charge in [-0.3, -0.25) is 4.79 Å². The van der Waals surface area contributed by atoms with Crippen molar-refractivity contribution in [1.82, 2.24) is 4.90 Å². The van der Waals surface area contributed by atoms with E-state index in [1.165, 1.54) is 53.5 Å². The molecule has 12 heteroatoms. The summed E-state index contributed by atoms with van der Waals surface area (Å²) in [5.74, 6) is -3.97. The number of likely N-dealkylation sites (tertiary alicyclic amines) is 1. The van der Waals surface area contributed by atoms with Crippen LogP contribution >= 0.6 is 0 Å². The van der Waals surface area contributed by atoms with Crippen LogP contribution in [0.25, 0.3) is 12.2 Å². The van der Waals surface area contributed by atoms with Crippen molar-refractivity contribution in [3.05, 3.63) is 59.7 Å². The molecule has 0 bridgehead atoms. The lowest BCUT2D eigenvalue weighted by Gasteiger charge is -2.43. The molecular formula is C29H31NO11. The zero-order chi connectivity index (χ0) is 29.7. The van der Waals surface area contributed by atoms with Crippen LogP contribution in [0.1, 0.15) is 36.8 Å². The zero-order valence-corrected chi connectivity index (χ0v) is 21.9. The van der Waals surface area contributed by atoms with Crippen LogP contribution in [-0.2, 0) is 23.9 Å². The van der Waals surface area contributed by atoms with E-state index in [4.69, 9.17) is 9.47 Å². The summed E-state index contributed by atoms with van der Waals surface area (Å²) < 4.78 is 10.9. The number of carbonyl (C=O) groups is 3. The lowest BCUT2D eigenvalue weighted by Crippen LogP contribution is -2.60. The molecule has 2 fully saturated rings. The summed E-state index contributed by atoms with van der Waals surface area (Å²) in [7, 11) is 0. The number of phenolic OH excluding ortho intramolecular Hbond substituents is 4. The van der Waals surface area contributed by atoms with E-state index in [2.05, 4.69) is 0 Å². The molecule has 1 aliphatic carbocycles. The van der Waals surface area contributed by atoms with Gasteiger partial charge in [-0.05, 0) is 60.4 Å². The molecule has 218 valence electrons. The molecule has 1 saturated heterocycles. The van der Waals surface area contributed by atoms with Crippen LogP contribution in [0.2, 0.25) is 0 Å². The second kappa shape index (κ2) is 12.3. The standard InChI is InChI=1S/C29H31NO11/c31-19-7-3-17(13-21(19)33)5-9-25(36)40-24-16-29(39,28(38)30-11-1-2-12-30)15-23(35)27(24)41-26(37)10-6-18-4-8-20(32)22(34)14-18/h3-10,13-14,23-24,27,31-35,39H,1-2,11-12,15-16H2/b9-5+,10-6+/t23-,24-,27+,29-/m1/s1. The smallest absolute Gasteiger partial charge is 0.331 e. The molecule has 41 heavy (non-hydrogen) atoms. The van der Waals surface area contributed by atoms with Gasteiger partial charge in [0.1, 0.15) is 11.7 Å². The largest absolute Gasteiger partial charge is 0.504 e. The van der Waals surface area contributed by atoms with Crippen molar-refractivity contribution in [1.29, 1.82) is 0 Å². The SMILES string of the molecule is O=C(/C=C/c1ccc(O)c(O)c1)O[C@H]1[C@H](O)C[C@](O)(C(=O)N2CCCC2)C[C@H]1OC(=O)/C=C/c1ccc(O)c(O)c1. The van der Waals surface area contributed by atoms with Crippen LogP contribution in [0.3, 0.4) is 0 Å². The highest BCUT2D eigenvalue weighted by Crippen LogP contribution is 2.35. The Morgan fingerprint density at radius 2 is 1.29 bits per heavy atom. The first-order valence-corrected chi connectivity index (χ1v) is 13.0. The highest BCUT2D eigenvalue weighted by atomic mass is 16.6. The third kappa shape index (κ3) is 7.16. The van der Waals surface area contributed by atoms with Crippen molar-refractivity contribution in [3.8, 4) is 23.0 Å². The molecule has 0 unspecified atom stereocenters. The molecule has 4 rings (SSSR count). The molecular weight excluding hydrogens is 538 g/mol. The third-order valence-corrected chi connectivity index (χ3v) is 6.97. The zero-order valence-electron chi connectivity index (χ0n) is 21.9. The summed E-state index contributed by atoms with van der Waals surface area (Å²) in [6.45, 7) is 0.889. The Bertz CT molecular complexity index is 1360. The number of amides is 1. The summed E-state index contributed by atoms with van der Waals surface area (Å²) >= 11 is 0. The summed E-state index contributed by atoms with van der Waals surface area (Å²) in [6.07, 6.45) is 0.842. The topological polar surface area (TPSA) is 194 Å². The Hall–Kier alpha value is -4.55. The van der Waals surface area contributed by atoms with Gasteiger partial charge in [-0.25, -0.2) is 9.59 Å². The average molecular weight is 570 g/mol.